The zero-order valence-corrected chi connectivity index (χ0v) is 13.6. The molecule has 0 amide bonds. The maximum Gasteiger partial charge on any atom is 0.0971 e. The van der Waals surface area contributed by atoms with E-state index in [0.717, 1.165) is 26.2 Å². The number of likely N-dealkylation sites (tertiary alicyclic amines) is 1. The van der Waals surface area contributed by atoms with Gasteiger partial charge in [0.25, 0.3) is 0 Å². The third-order valence-electron chi connectivity index (χ3n) is 4.27. The molecule has 0 aliphatic carbocycles. The van der Waals surface area contributed by atoms with E-state index >= 15 is 0 Å². The van der Waals surface area contributed by atoms with Crippen molar-refractivity contribution in [2.45, 2.75) is 32.1 Å². The summed E-state index contributed by atoms with van der Waals surface area (Å²) in [4.78, 5) is 2.43. The Labute approximate surface area is 128 Å². The van der Waals surface area contributed by atoms with Crippen LogP contribution in [-0.2, 0) is 9.47 Å². The summed E-state index contributed by atoms with van der Waals surface area (Å²) in [7, 11) is 3.53. The van der Waals surface area contributed by atoms with Gasteiger partial charge in [0, 0.05) is 39.9 Å². The maximum absolute atomic E-state index is 5.52. The van der Waals surface area contributed by atoms with Crippen LogP contribution in [0.3, 0.4) is 0 Å². The molecule has 0 radical (unpaired) electrons. The molecule has 4 heteroatoms. The first kappa shape index (κ1) is 16.4. The number of ether oxygens (including phenoxy) is 2. The molecule has 1 aromatic carbocycles. The van der Waals surface area contributed by atoms with Crippen LogP contribution in [0.15, 0.2) is 24.3 Å². The minimum absolute atomic E-state index is 0.176. The van der Waals surface area contributed by atoms with Crippen molar-refractivity contribution in [3.8, 4) is 0 Å². The van der Waals surface area contributed by atoms with Crippen LogP contribution >= 0.6 is 0 Å². The lowest BCUT2D eigenvalue weighted by Gasteiger charge is -2.25. The van der Waals surface area contributed by atoms with Gasteiger partial charge < -0.3 is 14.8 Å². The Kier molecular flexibility index (Phi) is 6.18. The molecule has 1 N–H and O–H groups in total. The molecule has 1 fully saturated rings. The molecule has 3 atom stereocenters. The van der Waals surface area contributed by atoms with Crippen molar-refractivity contribution in [2.75, 3.05) is 40.4 Å². The SMILES string of the molecule is CCNC(CN1CC(OC)C(OC)C1)c1ccc(C)cc1. The number of hydrogen-bond acceptors (Lipinski definition) is 4. The van der Waals surface area contributed by atoms with E-state index in [4.69, 9.17) is 9.47 Å². The van der Waals surface area contributed by atoms with Gasteiger partial charge in [0.15, 0.2) is 0 Å². The third-order valence-corrected chi connectivity index (χ3v) is 4.27. The van der Waals surface area contributed by atoms with E-state index < -0.39 is 0 Å². The number of methoxy groups -OCH3 is 2. The van der Waals surface area contributed by atoms with Crippen molar-refractivity contribution in [3.63, 3.8) is 0 Å². The van der Waals surface area contributed by atoms with Crippen LogP contribution in [0.5, 0.6) is 0 Å². The molecule has 1 heterocycles. The lowest BCUT2D eigenvalue weighted by atomic mass is 10.0. The van der Waals surface area contributed by atoms with Crippen LogP contribution in [0.25, 0.3) is 0 Å². The molecular formula is C17H28N2O2. The molecule has 1 saturated heterocycles. The highest BCUT2D eigenvalue weighted by Crippen LogP contribution is 2.21. The van der Waals surface area contributed by atoms with Gasteiger partial charge in [-0.2, -0.15) is 0 Å². The summed E-state index contributed by atoms with van der Waals surface area (Å²) < 4.78 is 11.0. The van der Waals surface area contributed by atoms with Gasteiger partial charge in [0.2, 0.25) is 0 Å². The average Bonchev–Trinajstić information content (AvgIpc) is 2.90. The van der Waals surface area contributed by atoms with Crippen LogP contribution < -0.4 is 5.32 Å². The molecule has 1 aliphatic rings. The molecule has 118 valence electrons. The van der Waals surface area contributed by atoms with Crippen molar-refractivity contribution >= 4 is 0 Å². The highest BCUT2D eigenvalue weighted by atomic mass is 16.5. The van der Waals surface area contributed by atoms with E-state index in [-0.39, 0.29) is 12.2 Å². The van der Waals surface area contributed by atoms with E-state index in [1.165, 1.54) is 11.1 Å². The molecule has 0 saturated carbocycles. The summed E-state index contributed by atoms with van der Waals surface area (Å²) in [5.41, 5.74) is 2.64. The molecule has 21 heavy (non-hydrogen) atoms. The number of hydrogen-bond donors (Lipinski definition) is 1. The lowest BCUT2D eigenvalue weighted by Crippen LogP contribution is -2.34. The van der Waals surface area contributed by atoms with Gasteiger partial charge in [-0.15, -0.1) is 0 Å². The van der Waals surface area contributed by atoms with Gasteiger partial charge in [-0.05, 0) is 19.0 Å². The van der Waals surface area contributed by atoms with Crippen LogP contribution in [-0.4, -0.2) is 57.5 Å². The zero-order chi connectivity index (χ0) is 15.2. The molecule has 3 unspecified atom stereocenters. The van der Waals surface area contributed by atoms with Crippen molar-refractivity contribution < 1.29 is 9.47 Å². The largest absolute Gasteiger partial charge is 0.377 e. The fourth-order valence-corrected chi connectivity index (χ4v) is 3.01. The highest BCUT2D eigenvalue weighted by molar-refractivity contribution is 5.24. The molecule has 1 aliphatic heterocycles. The maximum atomic E-state index is 5.52. The van der Waals surface area contributed by atoms with Gasteiger partial charge >= 0.3 is 0 Å². The average molecular weight is 292 g/mol. The summed E-state index contributed by atoms with van der Waals surface area (Å²) in [6.07, 6.45) is 0.352. The molecule has 2 rings (SSSR count). The van der Waals surface area contributed by atoms with Gasteiger partial charge in [0.05, 0.1) is 12.2 Å². The number of likely N-dealkylation sites (N-methyl/N-ethyl adjacent to an activating group) is 1. The molecule has 1 aromatic rings. The third kappa shape index (κ3) is 4.27. The van der Waals surface area contributed by atoms with Crippen LogP contribution in [0.2, 0.25) is 0 Å². The molecule has 0 aromatic heterocycles. The number of nitrogens with zero attached hydrogens (tertiary/aromatic N) is 1. The second-order valence-corrected chi connectivity index (χ2v) is 5.79. The fourth-order valence-electron chi connectivity index (χ4n) is 3.01. The van der Waals surface area contributed by atoms with E-state index in [2.05, 4.69) is 48.3 Å². The Morgan fingerprint density at radius 3 is 2.19 bits per heavy atom. The van der Waals surface area contributed by atoms with Crippen LogP contribution in [0.4, 0.5) is 0 Å². The number of nitrogens with one attached hydrogen (secondary N) is 1. The first-order chi connectivity index (χ1) is 10.2. The number of aryl methyl sites for hydroxylation is 1. The summed E-state index contributed by atoms with van der Waals surface area (Å²) in [5, 5.41) is 3.59. The second kappa shape index (κ2) is 7.90. The minimum Gasteiger partial charge on any atom is -0.377 e. The van der Waals surface area contributed by atoms with E-state index in [0.29, 0.717) is 6.04 Å². The lowest BCUT2D eigenvalue weighted by molar-refractivity contribution is -0.00461. The number of benzene rings is 1. The monoisotopic (exact) mass is 292 g/mol. The van der Waals surface area contributed by atoms with Crippen molar-refractivity contribution in [1.29, 1.82) is 0 Å². The van der Waals surface area contributed by atoms with E-state index in [1.807, 2.05) is 0 Å². The molecular weight excluding hydrogens is 264 g/mol. The van der Waals surface area contributed by atoms with Gasteiger partial charge in [-0.25, -0.2) is 0 Å². The van der Waals surface area contributed by atoms with Crippen molar-refractivity contribution in [1.82, 2.24) is 10.2 Å². The summed E-state index contributed by atoms with van der Waals surface area (Å²) in [6.45, 7) is 8.09. The quantitative estimate of drug-likeness (QED) is 0.833. The first-order valence-electron chi connectivity index (χ1n) is 7.75. The molecule has 0 bridgehead atoms. The highest BCUT2D eigenvalue weighted by Gasteiger charge is 2.33. The smallest absolute Gasteiger partial charge is 0.0971 e. The van der Waals surface area contributed by atoms with Gasteiger partial charge in [0.1, 0.15) is 0 Å². The van der Waals surface area contributed by atoms with E-state index in [1.54, 1.807) is 14.2 Å². The predicted octanol–water partition coefficient (Wildman–Crippen LogP) is 1.99. The Morgan fingerprint density at radius 2 is 1.71 bits per heavy atom. The summed E-state index contributed by atoms with van der Waals surface area (Å²) in [5.74, 6) is 0. The van der Waals surface area contributed by atoms with Gasteiger partial charge in [-0.3, -0.25) is 4.90 Å². The summed E-state index contributed by atoms with van der Waals surface area (Å²) >= 11 is 0. The zero-order valence-electron chi connectivity index (χ0n) is 13.6. The predicted molar refractivity (Wildman–Crippen MR) is 85.6 cm³/mol. The Balaban J connectivity index is 2.01. The molecule has 4 nitrogen and oxygen atoms in total. The van der Waals surface area contributed by atoms with E-state index in [9.17, 15) is 0 Å². The molecule has 0 spiro atoms. The van der Waals surface area contributed by atoms with Crippen LogP contribution in [0.1, 0.15) is 24.1 Å². The second-order valence-electron chi connectivity index (χ2n) is 5.79. The standard InChI is InChI=1S/C17H28N2O2/c1-5-18-15(14-8-6-13(2)7-9-14)10-19-11-16(20-3)17(12-19)21-4/h6-9,15-18H,5,10-12H2,1-4H3. The minimum atomic E-state index is 0.176. The van der Waals surface area contributed by atoms with Crippen molar-refractivity contribution in [3.05, 3.63) is 35.4 Å². The Morgan fingerprint density at radius 1 is 1.14 bits per heavy atom. The van der Waals surface area contributed by atoms with Gasteiger partial charge in [-0.1, -0.05) is 36.8 Å². The number of rotatable bonds is 7. The fraction of sp³-hybridized carbons (Fsp3) is 0.647. The van der Waals surface area contributed by atoms with Crippen LogP contribution in [0, 0.1) is 6.92 Å². The first-order valence-corrected chi connectivity index (χ1v) is 7.75. The Bertz CT molecular complexity index is 409. The van der Waals surface area contributed by atoms with Crippen molar-refractivity contribution in [2.24, 2.45) is 0 Å². The normalized spacial score (nSPS) is 24.4. The Hall–Kier alpha value is -0.940. The summed E-state index contributed by atoms with van der Waals surface area (Å²) in [6, 6.07) is 9.16. The topological polar surface area (TPSA) is 33.7 Å².